The Morgan fingerprint density at radius 2 is 2.17 bits per heavy atom. The van der Waals surface area contributed by atoms with Gasteiger partial charge in [0.25, 0.3) is 0 Å². The van der Waals surface area contributed by atoms with E-state index in [4.69, 9.17) is 0 Å². The molecule has 4 heteroatoms. The number of H-pyrrole nitrogens is 1. The van der Waals surface area contributed by atoms with Crippen LogP contribution in [-0.4, -0.2) is 42.0 Å². The molecule has 1 aromatic carbocycles. The fourth-order valence-corrected chi connectivity index (χ4v) is 3.28. The molecule has 23 heavy (non-hydrogen) atoms. The molecule has 4 rings (SSSR count). The summed E-state index contributed by atoms with van der Waals surface area (Å²) in [6.45, 7) is 3.18. The number of hydrogen-bond donors (Lipinski definition) is 2. The van der Waals surface area contributed by atoms with E-state index in [1.165, 1.54) is 34.9 Å². The molecule has 2 heterocycles. The molecule has 2 aromatic rings. The Balaban J connectivity index is 1.37. The maximum absolute atomic E-state index is 12.0. The Kier molecular flexibility index (Phi) is 3.92. The van der Waals surface area contributed by atoms with Gasteiger partial charge in [-0.2, -0.15) is 0 Å². The van der Waals surface area contributed by atoms with Crippen molar-refractivity contribution in [2.75, 3.05) is 26.2 Å². The lowest BCUT2D eigenvalue weighted by atomic mass is 9.99. The standard InChI is InChI=1S/C19H23N3O/c23-19(21-11-14-5-6-14)13-22-9-7-15(8-10-22)17-12-20-18-4-2-1-3-16(17)18/h1-4,7,12,14,20H,5-6,8-11,13H2,(H,21,23). The minimum atomic E-state index is 0.167. The molecule has 0 bridgehead atoms. The van der Waals surface area contributed by atoms with E-state index in [2.05, 4.69) is 51.7 Å². The predicted octanol–water partition coefficient (Wildman–Crippen LogP) is 2.78. The van der Waals surface area contributed by atoms with E-state index in [0.29, 0.717) is 6.54 Å². The molecule has 1 aliphatic carbocycles. The van der Waals surface area contributed by atoms with Crippen LogP contribution in [0.15, 0.2) is 36.5 Å². The quantitative estimate of drug-likeness (QED) is 0.892. The summed E-state index contributed by atoms with van der Waals surface area (Å²) >= 11 is 0. The van der Waals surface area contributed by atoms with Gasteiger partial charge in [0.05, 0.1) is 6.54 Å². The van der Waals surface area contributed by atoms with Gasteiger partial charge in [0.15, 0.2) is 0 Å². The van der Waals surface area contributed by atoms with Crippen LogP contribution in [0.2, 0.25) is 0 Å². The van der Waals surface area contributed by atoms with Gasteiger partial charge in [-0.05, 0) is 36.8 Å². The van der Waals surface area contributed by atoms with Crippen LogP contribution in [0.25, 0.3) is 16.5 Å². The van der Waals surface area contributed by atoms with Gasteiger partial charge in [0, 0.05) is 42.3 Å². The normalized spacial score (nSPS) is 18.9. The molecule has 2 N–H and O–H groups in total. The summed E-state index contributed by atoms with van der Waals surface area (Å²) in [5, 5.41) is 4.34. The first-order valence-corrected chi connectivity index (χ1v) is 8.54. The second-order valence-electron chi connectivity index (χ2n) is 6.71. The minimum Gasteiger partial charge on any atom is -0.361 e. The summed E-state index contributed by atoms with van der Waals surface area (Å²) in [5.41, 5.74) is 3.88. The Bertz CT molecular complexity index is 742. The Morgan fingerprint density at radius 3 is 2.96 bits per heavy atom. The van der Waals surface area contributed by atoms with E-state index < -0.39 is 0 Å². The number of rotatable bonds is 5. The Hall–Kier alpha value is -2.07. The average molecular weight is 309 g/mol. The predicted molar refractivity (Wildman–Crippen MR) is 93.1 cm³/mol. The van der Waals surface area contributed by atoms with E-state index in [1.54, 1.807) is 0 Å². The van der Waals surface area contributed by atoms with Gasteiger partial charge in [-0.3, -0.25) is 9.69 Å². The number of nitrogens with zero attached hydrogens (tertiary/aromatic N) is 1. The van der Waals surface area contributed by atoms with Crippen molar-refractivity contribution in [3.05, 3.63) is 42.1 Å². The number of nitrogens with one attached hydrogen (secondary N) is 2. The molecular formula is C19H23N3O. The van der Waals surface area contributed by atoms with Crippen LogP contribution < -0.4 is 5.32 Å². The molecule has 1 amide bonds. The third-order valence-electron chi connectivity index (χ3n) is 4.88. The van der Waals surface area contributed by atoms with Gasteiger partial charge in [-0.1, -0.05) is 24.3 Å². The summed E-state index contributed by atoms with van der Waals surface area (Å²) in [6.07, 6.45) is 7.93. The van der Waals surface area contributed by atoms with Crippen LogP contribution in [0.5, 0.6) is 0 Å². The van der Waals surface area contributed by atoms with Gasteiger partial charge >= 0.3 is 0 Å². The van der Waals surface area contributed by atoms with Crippen LogP contribution in [0.4, 0.5) is 0 Å². The van der Waals surface area contributed by atoms with Gasteiger partial charge in [-0.15, -0.1) is 0 Å². The highest BCUT2D eigenvalue weighted by atomic mass is 16.2. The summed E-state index contributed by atoms with van der Waals surface area (Å²) in [5.74, 6) is 0.912. The van der Waals surface area contributed by atoms with Crippen molar-refractivity contribution in [2.45, 2.75) is 19.3 Å². The first kappa shape index (κ1) is 14.5. The molecule has 0 saturated heterocycles. The zero-order chi connectivity index (χ0) is 15.6. The number of amides is 1. The van der Waals surface area contributed by atoms with Crippen LogP contribution in [0.1, 0.15) is 24.8 Å². The van der Waals surface area contributed by atoms with E-state index in [1.807, 2.05) is 0 Å². The topological polar surface area (TPSA) is 48.1 Å². The third-order valence-corrected chi connectivity index (χ3v) is 4.88. The molecular weight excluding hydrogens is 286 g/mol. The molecule has 1 saturated carbocycles. The van der Waals surface area contributed by atoms with E-state index in [9.17, 15) is 4.79 Å². The first-order chi connectivity index (χ1) is 11.3. The summed E-state index contributed by atoms with van der Waals surface area (Å²) < 4.78 is 0. The molecule has 0 spiro atoms. The number of fused-ring (bicyclic) bond motifs is 1. The summed E-state index contributed by atoms with van der Waals surface area (Å²) in [4.78, 5) is 17.5. The Morgan fingerprint density at radius 1 is 1.30 bits per heavy atom. The van der Waals surface area contributed by atoms with Gasteiger partial charge < -0.3 is 10.3 Å². The summed E-state index contributed by atoms with van der Waals surface area (Å²) in [6, 6.07) is 8.41. The second kappa shape index (κ2) is 6.20. The average Bonchev–Trinajstić information content (AvgIpc) is 3.31. The fraction of sp³-hybridized carbons (Fsp3) is 0.421. The lowest BCUT2D eigenvalue weighted by Gasteiger charge is -2.25. The maximum atomic E-state index is 12.0. The number of carbonyl (C=O) groups excluding carboxylic acids is 1. The van der Waals surface area contributed by atoms with Crippen molar-refractivity contribution in [2.24, 2.45) is 5.92 Å². The van der Waals surface area contributed by atoms with E-state index >= 15 is 0 Å². The molecule has 2 aliphatic rings. The number of aromatic amines is 1. The molecule has 0 radical (unpaired) electrons. The zero-order valence-electron chi connectivity index (χ0n) is 13.3. The number of para-hydroxylation sites is 1. The molecule has 0 unspecified atom stereocenters. The lowest BCUT2D eigenvalue weighted by Crippen LogP contribution is -2.39. The molecule has 0 atom stereocenters. The van der Waals surface area contributed by atoms with Crippen LogP contribution in [0.3, 0.4) is 0 Å². The SMILES string of the molecule is O=C(CN1CC=C(c2c[nH]c3ccccc23)CC1)NCC1CC1. The monoisotopic (exact) mass is 309 g/mol. The smallest absolute Gasteiger partial charge is 0.234 e. The highest BCUT2D eigenvalue weighted by Crippen LogP contribution is 2.29. The van der Waals surface area contributed by atoms with Crippen LogP contribution >= 0.6 is 0 Å². The lowest BCUT2D eigenvalue weighted by molar-refractivity contribution is -0.122. The van der Waals surface area contributed by atoms with Crippen LogP contribution in [0, 0.1) is 5.92 Å². The number of aromatic nitrogens is 1. The van der Waals surface area contributed by atoms with Crippen molar-refractivity contribution in [3.63, 3.8) is 0 Å². The maximum Gasteiger partial charge on any atom is 0.234 e. The number of benzene rings is 1. The third kappa shape index (κ3) is 3.32. The number of hydrogen-bond acceptors (Lipinski definition) is 2. The second-order valence-corrected chi connectivity index (χ2v) is 6.71. The van der Waals surface area contributed by atoms with Crippen molar-refractivity contribution >= 4 is 22.4 Å². The fourth-order valence-electron chi connectivity index (χ4n) is 3.28. The zero-order valence-corrected chi connectivity index (χ0v) is 13.3. The number of carbonyl (C=O) groups is 1. The van der Waals surface area contributed by atoms with Gasteiger partial charge in [0.2, 0.25) is 5.91 Å². The van der Waals surface area contributed by atoms with Crippen LogP contribution in [-0.2, 0) is 4.79 Å². The first-order valence-electron chi connectivity index (χ1n) is 8.54. The molecule has 1 aromatic heterocycles. The van der Waals surface area contributed by atoms with Crippen molar-refractivity contribution in [3.8, 4) is 0 Å². The van der Waals surface area contributed by atoms with Crippen molar-refractivity contribution in [1.29, 1.82) is 0 Å². The molecule has 120 valence electrons. The van der Waals surface area contributed by atoms with Crippen molar-refractivity contribution < 1.29 is 4.79 Å². The minimum absolute atomic E-state index is 0.167. The van der Waals surface area contributed by atoms with E-state index in [-0.39, 0.29) is 5.91 Å². The highest BCUT2D eigenvalue weighted by molar-refractivity contribution is 5.92. The highest BCUT2D eigenvalue weighted by Gasteiger charge is 2.22. The summed E-state index contributed by atoms with van der Waals surface area (Å²) in [7, 11) is 0. The largest absolute Gasteiger partial charge is 0.361 e. The van der Waals surface area contributed by atoms with E-state index in [0.717, 1.165) is 32.0 Å². The van der Waals surface area contributed by atoms with Crippen molar-refractivity contribution in [1.82, 2.24) is 15.2 Å². The van der Waals surface area contributed by atoms with Gasteiger partial charge in [-0.25, -0.2) is 0 Å². The molecule has 4 nitrogen and oxygen atoms in total. The molecule has 1 aliphatic heterocycles. The van der Waals surface area contributed by atoms with Gasteiger partial charge in [0.1, 0.15) is 0 Å². The molecule has 1 fully saturated rings. The Labute approximate surface area is 136 Å².